The second kappa shape index (κ2) is 37.1. The number of rotatable bonds is 40. The van der Waals surface area contributed by atoms with E-state index in [2.05, 4.69) is 38.2 Å². The van der Waals surface area contributed by atoms with E-state index in [0.29, 0.717) is 23.9 Å². The molecule has 0 fully saturated rings. The molecule has 0 saturated heterocycles. The first-order chi connectivity index (χ1) is 26.0. The molecule has 2 atom stereocenters. The van der Waals surface area contributed by atoms with Gasteiger partial charge >= 0.3 is 11.9 Å². The van der Waals surface area contributed by atoms with Crippen molar-refractivity contribution in [2.45, 2.75) is 200 Å². The van der Waals surface area contributed by atoms with Crippen LogP contribution in [0.2, 0.25) is 0 Å². The van der Waals surface area contributed by atoms with Crippen LogP contribution in [0.15, 0.2) is 24.3 Å². The molecule has 0 aliphatic heterocycles. The van der Waals surface area contributed by atoms with Gasteiger partial charge in [0.15, 0.2) is 6.10 Å². The summed E-state index contributed by atoms with van der Waals surface area (Å²) in [6.07, 6.45) is 39.3. The standard InChI is InChI=1S/C44H84NO8P/c1-6-8-10-12-14-16-18-20-22-24-26-28-30-32-34-36-43(46)50-40-42(41-52-54(48,49)51-39-38-45(3,4)5)53-44(47)37-35-33-31-29-27-25-23-21-19-17-15-13-11-9-7-2/h28-31,42H,6-27,32-41H2,1-5H3/b30-28-,31-29-/t42-/m1/s1. The number of phosphoric ester groups is 1. The number of hydrogen-bond donors (Lipinski definition) is 0. The summed E-state index contributed by atoms with van der Waals surface area (Å²) in [6, 6.07) is 0. The Bertz CT molecular complexity index is 980. The number of allylic oxidation sites excluding steroid dienone is 4. The number of carbonyl (C=O) groups is 2. The minimum Gasteiger partial charge on any atom is -0.756 e. The Balaban J connectivity index is 4.42. The maximum atomic E-state index is 12.6. The second-order valence-electron chi connectivity index (χ2n) is 16.1. The van der Waals surface area contributed by atoms with Crippen molar-refractivity contribution in [2.75, 3.05) is 47.5 Å². The second-order valence-corrected chi connectivity index (χ2v) is 17.5. The number of phosphoric acid groups is 1. The van der Waals surface area contributed by atoms with Crippen molar-refractivity contribution < 1.29 is 42.1 Å². The molecule has 0 aromatic heterocycles. The molecule has 318 valence electrons. The third kappa shape index (κ3) is 40.2. The number of hydrogen-bond acceptors (Lipinski definition) is 8. The van der Waals surface area contributed by atoms with Gasteiger partial charge in [-0.15, -0.1) is 0 Å². The molecule has 0 heterocycles. The van der Waals surface area contributed by atoms with Gasteiger partial charge in [0, 0.05) is 12.8 Å². The molecule has 0 N–H and O–H groups in total. The smallest absolute Gasteiger partial charge is 0.306 e. The summed E-state index contributed by atoms with van der Waals surface area (Å²) in [5, 5.41) is 0. The van der Waals surface area contributed by atoms with Crippen molar-refractivity contribution in [3.05, 3.63) is 24.3 Å². The number of likely N-dealkylation sites (N-methyl/N-ethyl adjacent to an activating group) is 1. The van der Waals surface area contributed by atoms with Gasteiger partial charge in [-0.3, -0.25) is 14.2 Å². The predicted octanol–water partition coefficient (Wildman–Crippen LogP) is 11.7. The number of carbonyl (C=O) groups excluding carboxylic acids is 2. The van der Waals surface area contributed by atoms with E-state index in [0.717, 1.165) is 25.7 Å². The van der Waals surface area contributed by atoms with E-state index in [1.807, 2.05) is 21.1 Å². The quantitative estimate of drug-likeness (QED) is 0.0198. The van der Waals surface area contributed by atoms with Crippen LogP contribution in [0.3, 0.4) is 0 Å². The first-order valence-electron chi connectivity index (χ1n) is 22.0. The molecule has 0 aromatic carbocycles. The lowest BCUT2D eigenvalue weighted by atomic mass is 10.1. The molecule has 10 heteroatoms. The largest absolute Gasteiger partial charge is 0.756 e. The van der Waals surface area contributed by atoms with Gasteiger partial charge in [-0.1, -0.05) is 154 Å². The van der Waals surface area contributed by atoms with Gasteiger partial charge < -0.3 is 27.9 Å². The van der Waals surface area contributed by atoms with Gasteiger partial charge in [0.2, 0.25) is 0 Å². The van der Waals surface area contributed by atoms with Crippen molar-refractivity contribution in [1.29, 1.82) is 0 Å². The number of unbranched alkanes of at least 4 members (excludes halogenated alkanes) is 22. The molecular formula is C44H84NO8P. The van der Waals surface area contributed by atoms with Crippen molar-refractivity contribution in [2.24, 2.45) is 0 Å². The number of quaternary nitrogens is 1. The molecule has 0 aromatic rings. The first-order valence-corrected chi connectivity index (χ1v) is 23.5. The third-order valence-corrected chi connectivity index (χ3v) is 10.4. The van der Waals surface area contributed by atoms with E-state index >= 15 is 0 Å². The van der Waals surface area contributed by atoms with Crippen LogP contribution in [0.4, 0.5) is 0 Å². The van der Waals surface area contributed by atoms with Crippen LogP contribution >= 0.6 is 7.82 Å². The van der Waals surface area contributed by atoms with Gasteiger partial charge in [0.25, 0.3) is 7.82 Å². The zero-order valence-electron chi connectivity index (χ0n) is 35.7. The van der Waals surface area contributed by atoms with E-state index in [-0.39, 0.29) is 26.1 Å². The molecule has 0 rings (SSSR count). The van der Waals surface area contributed by atoms with Crippen LogP contribution in [0.25, 0.3) is 0 Å². The highest BCUT2D eigenvalue weighted by atomic mass is 31.2. The Labute approximate surface area is 332 Å². The zero-order chi connectivity index (χ0) is 40.0. The van der Waals surface area contributed by atoms with E-state index < -0.39 is 32.5 Å². The maximum absolute atomic E-state index is 12.6. The number of ether oxygens (including phenoxy) is 2. The lowest BCUT2D eigenvalue weighted by Crippen LogP contribution is -2.37. The van der Waals surface area contributed by atoms with Gasteiger partial charge in [0.1, 0.15) is 19.8 Å². The summed E-state index contributed by atoms with van der Waals surface area (Å²) < 4.78 is 33.8. The van der Waals surface area contributed by atoms with Crippen molar-refractivity contribution in [3.8, 4) is 0 Å². The molecule has 0 saturated carbocycles. The maximum Gasteiger partial charge on any atom is 0.306 e. The Morgan fingerprint density at radius 2 is 0.944 bits per heavy atom. The third-order valence-electron chi connectivity index (χ3n) is 9.44. The molecule has 0 aliphatic rings. The molecule has 0 bridgehead atoms. The summed E-state index contributed by atoms with van der Waals surface area (Å²) in [5.41, 5.74) is 0. The first kappa shape index (κ1) is 52.5. The molecular weight excluding hydrogens is 701 g/mol. The average molecular weight is 786 g/mol. The Morgan fingerprint density at radius 1 is 0.556 bits per heavy atom. The molecule has 0 radical (unpaired) electrons. The van der Waals surface area contributed by atoms with Crippen LogP contribution in [-0.4, -0.2) is 70.0 Å². The fourth-order valence-corrected chi connectivity index (χ4v) is 6.69. The molecule has 0 amide bonds. The molecule has 0 spiro atoms. The van der Waals surface area contributed by atoms with Crippen LogP contribution in [-0.2, 0) is 32.7 Å². The Hall–Kier alpha value is -1.51. The summed E-state index contributed by atoms with van der Waals surface area (Å²) >= 11 is 0. The van der Waals surface area contributed by atoms with E-state index in [1.54, 1.807) is 0 Å². The number of esters is 2. The minimum atomic E-state index is -4.63. The highest BCUT2D eigenvalue weighted by molar-refractivity contribution is 7.45. The lowest BCUT2D eigenvalue weighted by Gasteiger charge is -2.28. The van der Waals surface area contributed by atoms with E-state index in [9.17, 15) is 19.0 Å². The highest BCUT2D eigenvalue weighted by Crippen LogP contribution is 2.38. The van der Waals surface area contributed by atoms with Crippen LogP contribution in [0, 0.1) is 0 Å². The zero-order valence-corrected chi connectivity index (χ0v) is 36.6. The summed E-state index contributed by atoms with van der Waals surface area (Å²) in [4.78, 5) is 37.4. The minimum absolute atomic E-state index is 0.0376. The SMILES string of the molecule is CCCCCCCCCCCC/C=C\CCCC(=O)OC[C@H](COP(=O)([O-])OCC[N+](C)(C)C)OC(=O)CCC/C=C\CCCCCCCCCCCC. The monoisotopic (exact) mass is 786 g/mol. The Kier molecular flexibility index (Phi) is 36.1. The summed E-state index contributed by atoms with van der Waals surface area (Å²) in [5.74, 6) is -0.904. The predicted molar refractivity (Wildman–Crippen MR) is 222 cm³/mol. The van der Waals surface area contributed by atoms with Crippen LogP contribution in [0.1, 0.15) is 194 Å². The highest BCUT2D eigenvalue weighted by Gasteiger charge is 2.21. The average Bonchev–Trinajstić information content (AvgIpc) is 3.12. The fourth-order valence-electron chi connectivity index (χ4n) is 5.96. The van der Waals surface area contributed by atoms with Crippen molar-refractivity contribution >= 4 is 19.8 Å². The molecule has 54 heavy (non-hydrogen) atoms. The summed E-state index contributed by atoms with van der Waals surface area (Å²) in [6.45, 7) is 4.17. The van der Waals surface area contributed by atoms with Crippen LogP contribution < -0.4 is 4.89 Å². The summed E-state index contributed by atoms with van der Waals surface area (Å²) in [7, 11) is 1.14. The topological polar surface area (TPSA) is 111 Å². The van der Waals surface area contributed by atoms with E-state index in [1.165, 1.54) is 128 Å². The molecule has 0 aliphatic carbocycles. The molecule has 9 nitrogen and oxygen atoms in total. The van der Waals surface area contributed by atoms with Gasteiger partial charge in [-0.05, 0) is 51.4 Å². The lowest BCUT2D eigenvalue weighted by molar-refractivity contribution is -0.870. The van der Waals surface area contributed by atoms with Gasteiger partial charge in [0.05, 0.1) is 27.7 Å². The Morgan fingerprint density at radius 3 is 1.37 bits per heavy atom. The van der Waals surface area contributed by atoms with Gasteiger partial charge in [-0.2, -0.15) is 0 Å². The number of nitrogens with zero attached hydrogens (tertiary/aromatic N) is 1. The molecule has 1 unspecified atom stereocenters. The van der Waals surface area contributed by atoms with Crippen LogP contribution in [0.5, 0.6) is 0 Å². The normalized spacial score (nSPS) is 13.8. The van der Waals surface area contributed by atoms with Crippen molar-refractivity contribution in [3.63, 3.8) is 0 Å². The van der Waals surface area contributed by atoms with Gasteiger partial charge in [-0.25, -0.2) is 0 Å². The van der Waals surface area contributed by atoms with E-state index in [4.69, 9.17) is 18.5 Å². The fraction of sp³-hybridized carbons (Fsp3) is 0.864. The van der Waals surface area contributed by atoms with Crippen molar-refractivity contribution in [1.82, 2.24) is 0 Å².